The third kappa shape index (κ3) is 3.27. The monoisotopic (exact) mass is 394 g/mol. The molecule has 2 aliphatic heterocycles. The van der Waals surface area contributed by atoms with Crippen LogP contribution < -0.4 is 10.6 Å². The summed E-state index contributed by atoms with van der Waals surface area (Å²) in [7, 11) is 0. The van der Waals surface area contributed by atoms with Gasteiger partial charge in [-0.15, -0.1) is 0 Å². The SMILES string of the molecule is CC1(C)CCC(NC(=O)C(=O)N2C[C@]3(C[C@H]2C#N)C(=O)Nc2ccccc23)CC1. The number of amides is 3. The van der Waals surface area contributed by atoms with Crippen molar-refractivity contribution in [2.24, 2.45) is 5.41 Å². The number of fused-ring (bicyclic) bond motifs is 2. The predicted octanol–water partition coefficient (Wildman–Crippen LogP) is 2.09. The van der Waals surface area contributed by atoms with E-state index in [9.17, 15) is 19.6 Å². The maximum absolute atomic E-state index is 12.9. The van der Waals surface area contributed by atoms with Gasteiger partial charge in [0, 0.05) is 24.7 Å². The Kier molecular flexibility index (Phi) is 4.60. The standard InChI is InChI=1S/C22H26N4O3/c1-21(2)9-7-14(8-10-21)24-18(27)19(28)26-13-22(11-15(26)12-23)16-5-3-4-6-17(16)25-20(22)29/h3-6,14-15H,7-11,13H2,1-2H3,(H,24,27)(H,25,29)/t15-,22-/m0/s1. The minimum Gasteiger partial charge on any atom is -0.345 e. The van der Waals surface area contributed by atoms with Crippen molar-refractivity contribution in [2.75, 3.05) is 11.9 Å². The van der Waals surface area contributed by atoms with Gasteiger partial charge in [0.25, 0.3) is 0 Å². The number of likely N-dealkylation sites (tertiary alicyclic amines) is 1. The normalized spacial score (nSPS) is 28.0. The molecular formula is C22H26N4O3. The molecule has 1 spiro atoms. The van der Waals surface area contributed by atoms with Gasteiger partial charge in [-0.1, -0.05) is 32.0 Å². The van der Waals surface area contributed by atoms with Crippen LogP contribution in [0.5, 0.6) is 0 Å². The number of rotatable bonds is 1. The fourth-order valence-corrected chi connectivity index (χ4v) is 4.89. The van der Waals surface area contributed by atoms with Crippen LogP contribution in [0.1, 0.15) is 51.5 Å². The van der Waals surface area contributed by atoms with Crippen molar-refractivity contribution < 1.29 is 14.4 Å². The van der Waals surface area contributed by atoms with E-state index >= 15 is 0 Å². The van der Waals surface area contributed by atoms with Crippen molar-refractivity contribution in [3.8, 4) is 6.07 Å². The van der Waals surface area contributed by atoms with E-state index in [0.717, 1.165) is 31.2 Å². The highest BCUT2D eigenvalue weighted by Gasteiger charge is 2.56. The topological polar surface area (TPSA) is 102 Å². The molecule has 1 aliphatic carbocycles. The van der Waals surface area contributed by atoms with E-state index in [1.165, 1.54) is 4.90 Å². The zero-order chi connectivity index (χ0) is 20.8. The lowest BCUT2D eigenvalue weighted by Crippen LogP contribution is -2.50. The summed E-state index contributed by atoms with van der Waals surface area (Å²) in [5.41, 5.74) is 0.789. The Hall–Kier alpha value is -2.88. The molecule has 0 bridgehead atoms. The first-order chi connectivity index (χ1) is 13.8. The van der Waals surface area contributed by atoms with E-state index in [1.54, 1.807) is 0 Å². The van der Waals surface area contributed by atoms with Gasteiger partial charge in [0.1, 0.15) is 6.04 Å². The summed E-state index contributed by atoms with van der Waals surface area (Å²) in [5.74, 6) is -1.63. The van der Waals surface area contributed by atoms with Crippen LogP contribution in [0.15, 0.2) is 24.3 Å². The Morgan fingerprint density at radius 2 is 1.93 bits per heavy atom. The fourth-order valence-electron chi connectivity index (χ4n) is 4.89. The van der Waals surface area contributed by atoms with Crippen LogP contribution in [0.3, 0.4) is 0 Å². The first-order valence-corrected chi connectivity index (χ1v) is 10.2. The molecule has 7 heteroatoms. The Bertz CT molecular complexity index is 909. The number of carbonyl (C=O) groups is 3. The van der Waals surface area contributed by atoms with Crippen LogP contribution in [0, 0.1) is 16.7 Å². The highest BCUT2D eigenvalue weighted by Crippen LogP contribution is 2.46. The lowest BCUT2D eigenvalue weighted by atomic mass is 9.75. The molecule has 2 heterocycles. The van der Waals surface area contributed by atoms with E-state index in [4.69, 9.17) is 0 Å². The molecule has 7 nitrogen and oxygen atoms in total. The molecule has 2 N–H and O–H groups in total. The summed E-state index contributed by atoms with van der Waals surface area (Å²) in [4.78, 5) is 39.6. The molecule has 1 saturated heterocycles. The maximum atomic E-state index is 12.9. The van der Waals surface area contributed by atoms with Gasteiger partial charge in [0.05, 0.1) is 11.5 Å². The molecule has 3 aliphatic rings. The number of nitrogens with one attached hydrogen (secondary N) is 2. The number of hydrogen-bond donors (Lipinski definition) is 2. The third-order valence-corrected chi connectivity index (χ3v) is 6.76. The number of carbonyl (C=O) groups excluding carboxylic acids is 3. The second-order valence-electron chi connectivity index (χ2n) is 9.28. The number of para-hydroxylation sites is 1. The fraction of sp³-hybridized carbons (Fsp3) is 0.545. The second kappa shape index (κ2) is 6.87. The smallest absolute Gasteiger partial charge is 0.313 e. The van der Waals surface area contributed by atoms with E-state index in [2.05, 4.69) is 30.6 Å². The van der Waals surface area contributed by atoms with Crippen molar-refractivity contribution in [3.05, 3.63) is 29.8 Å². The zero-order valence-corrected chi connectivity index (χ0v) is 16.8. The number of hydrogen-bond acceptors (Lipinski definition) is 4. The van der Waals surface area contributed by atoms with Crippen molar-refractivity contribution in [3.63, 3.8) is 0 Å². The van der Waals surface area contributed by atoms with Crippen LogP contribution in [-0.2, 0) is 19.8 Å². The highest BCUT2D eigenvalue weighted by molar-refractivity contribution is 6.35. The summed E-state index contributed by atoms with van der Waals surface area (Å²) in [5, 5.41) is 15.3. The van der Waals surface area contributed by atoms with Gasteiger partial charge in [-0.05, 0) is 42.7 Å². The van der Waals surface area contributed by atoms with E-state index in [1.807, 2.05) is 24.3 Å². The molecule has 3 amide bonds. The average Bonchev–Trinajstić information content (AvgIpc) is 3.22. The quantitative estimate of drug-likeness (QED) is 0.712. The molecule has 0 unspecified atom stereocenters. The van der Waals surface area contributed by atoms with Gasteiger partial charge in [-0.2, -0.15) is 5.26 Å². The first kappa shape index (κ1) is 19.4. The number of benzene rings is 1. The van der Waals surface area contributed by atoms with Crippen molar-refractivity contribution >= 4 is 23.4 Å². The van der Waals surface area contributed by atoms with Gasteiger partial charge in [-0.3, -0.25) is 14.4 Å². The second-order valence-corrected chi connectivity index (χ2v) is 9.28. The van der Waals surface area contributed by atoms with Crippen LogP contribution >= 0.6 is 0 Å². The number of nitriles is 1. The van der Waals surface area contributed by atoms with E-state index < -0.39 is 23.3 Å². The minimum absolute atomic E-state index is 0.0212. The highest BCUT2D eigenvalue weighted by atomic mass is 16.2. The Labute approximate surface area is 170 Å². The maximum Gasteiger partial charge on any atom is 0.313 e. The summed E-state index contributed by atoms with van der Waals surface area (Å²) >= 11 is 0. The number of anilines is 1. The Morgan fingerprint density at radius 3 is 2.62 bits per heavy atom. The van der Waals surface area contributed by atoms with Crippen molar-refractivity contribution in [1.82, 2.24) is 10.2 Å². The van der Waals surface area contributed by atoms with Crippen molar-refractivity contribution in [2.45, 2.75) is 63.5 Å². The molecule has 0 aromatic heterocycles. The van der Waals surface area contributed by atoms with Gasteiger partial charge >= 0.3 is 11.8 Å². The summed E-state index contributed by atoms with van der Waals surface area (Å²) in [6.45, 7) is 4.46. The van der Waals surface area contributed by atoms with Gasteiger partial charge in [-0.25, -0.2) is 0 Å². The summed E-state index contributed by atoms with van der Waals surface area (Å²) < 4.78 is 0. The average molecular weight is 394 g/mol. The minimum atomic E-state index is -0.970. The van der Waals surface area contributed by atoms with Gasteiger partial charge in [0.15, 0.2) is 0 Å². The van der Waals surface area contributed by atoms with Crippen LogP contribution in [0.2, 0.25) is 0 Å². The van der Waals surface area contributed by atoms with Crippen LogP contribution in [0.25, 0.3) is 0 Å². The summed E-state index contributed by atoms with van der Waals surface area (Å²) in [6.07, 6.45) is 3.87. The molecule has 2 fully saturated rings. The lowest BCUT2D eigenvalue weighted by molar-refractivity contribution is -0.146. The van der Waals surface area contributed by atoms with Gasteiger partial charge in [0.2, 0.25) is 5.91 Å². The third-order valence-electron chi connectivity index (χ3n) is 6.76. The zero-order valence-electron chi connectivity index (χ0n) is 16.8. The molecule has 1 aromatic carbocycles. The van der Waals surface area contributed by atoms with Gasteiger partial charge < -0.3 is 15.5 Å². The van der Waals surface area contributed by atoms with E-state index in [-0.39, 0.29) is 30.3 Å². The first-order valence-electron chi connectivity index (χ1n) is 10.2. The molecule has 1 saturated carbocycles. The molecule has 4 rings (SSSR count). The van der Waals surface area contributed by atoms with Crippen LogP contribution in [0.4, 0.5) is 5.69 Å². The molecule has 2 atom stereocenters. The molecule has 1 aromatic rings. The summed E-state index contributed by atoms with van der Waals surface area (Å²) in [6, 6.07) is 8.61. The Morgan fingerprint density at radius 1 is 1.24 bits per heavy atom. The Balaban J connectivity index is 1.50. The van der Waals surface area contributed by atoms with Crippen LogP contribution in [-0.4, -0.2) is 41.2 Å². The van der Waals surface area contributed by atoms with E-state index in [0.29, 0.717) is 5.69 Å². The number of nitrogens with zero attached hydrogens (tertiary/aromatic N) is 2. The molecular weight excluding hydrogens is 368 g/mol. The lowest BCUT2D eigenvalue weighted by Gasteiger charge is -2.34. The molecule has 0 radical (unpaired) electrons. The van der Waals surface area contributed by atoms with Crippen molar-refractivity contribution in [1.29, 1.82) is 5.26 Å². The predicted molar refractivity (Wildman–Crippen MR) is 107 cm³/mol. The molecule has 29 heavy (non-hydrogen) atoms. The largest absolute Gasteiger partial charge is 0.345 e. The molecule has 152 valence electrons.